The summed E-state index contributed by atoms with van der Waals surface area (Å²) in [5, 5.41) is 0. The summed E-state index contributed by atoms with van der Waals surface area (Å²) in [6.07, 6.45) is 1.25. The Hall–Kier alpha value is -1.66. The highest BCUT2D eigenvalue weighted by molar-refractivity contribution is 5.80. The van der Waals surface area contributed by atoms with Gasteiger partial charge in [0.15, 0.2) is 0 Å². The number of methoxy groups -OCH3 is 1. The molecule has 1 aliphatic heterocycles. The number of nitrogens with zero attached hydrogens (tertiary/aromatic N) is 1. The van der Waals surface area contributed by atoms with Crippen molar-refractivity contribution in [1.29, 1.82) is 0 Å². The number of nitrogens with two attached hydrogens (primary N) is 1. The first kappa shape index (κ1) is 15.2. The van der Waals surface area contributed by atoms with E-state index in [0.29, 0.717) is 43.9 Å². The Kier molecular flexibility index (Phi) is 4.06. The maximum Gasteiger partial charge on any atom is 0.226 e. The van der Waals surface area contributed by atoms with Crippen molar-refractivity contribution >= 4 is 5.91 Å². The Bertz CT molecular complexity index is 567. The minimum absolute atomic E-state index is 0.0285. The fourth-order valence-electron chi connectivity index (χ4n) is 3.24. The Morgan fingerprint density at radius 3 is 3.00 bits per heavy atom. The Balaban J connectivity index is 1.71. The number of carbonyl (C=O) groups is 1. The van der Waals surface area contributed by atoms with Crippen molar-refractivity contribution in [3.8, 4) is 5.75 Å². The van der Waals surface area contributed by atoms with E-state index in [4.69, 9.17) is 15.2 Å². The van der Waals surface area contributed by atoms with Crippen LogP contribution in [0.1, 0.15) is 18.4 Å². The number of hydrogen-bond donors (Lipinski definition) is 1. The largest absolute Gasteiger partial charge is 0.491 e. The third-order valence-electron chi connectivity index (χ3n) is 4.75. The summed E-state index contributed by atoms with van der Waals surface area (Å²) >= 11 is 0. The molecule has 1 aromatic rings. The topological polar surface area (TPSA) is 64.8 Å². The second-order valence-corrected chi connectivity index (χ2v) is 6.02. The van der Waals surface area contributed by atoms with Crippen LogP contribution in [0.15, 0.2) is 18.2 Å². The van der Waals surface area contributed by atoms with E-state index in [0.717, 1.165) is 0 Å². The van der Waals surface area contributed by atoms with Crippen LogP contribution in [0.3, 0.4) is 0 Å². The number of fused-ring (bicyclic) bond motifs is 1. The lowest BCUT2D eigenvalue weighted by Crippen LogP contribution is -2.56. The molecule has 1 heterocycles. The fraction of sp³-hybridized carbons (Fsp3) is 0.562. The normalized spacial score (nSPS) is 27.4. The highest BCUT2D eigenvalue weighted by atomic mass is 19.1. The maximum absolute atomic E-state index is 14.0. The Morgan fingerprint density at radius 1 is 1.55 bits per heavy atom. The second-order valence-electron chi connectivity index (χ2n) is 6.02. The molecular weight excluding hydrogens is 287 g/mol. The van der Waals surface area contributed by atoms with Crippen LogP contribution in [0, 0.1) is 11.7 Å². The molecule has 1 saturated carbocycles. The third kappa shape index (κ3) is 2.57. The van der Waals surface area contributed by atoms with Crippen molar-refractivity contribution < 1.29 is 18.7 Å². The van der Waals surface area contributed by atoms with Gasteiger partial charge in [0, 0.05) is 25.1 Å². The van der Waals surface area contributed by atoms with Crippen LogP contribution in [0.2, 0.25) is 0 Å². The highest BCUT2D eigenvalue weighted by Gasteiger charge is 2.48. The van der Waals surface area contributed by atoms with Crippen LogP contribution in [-0.2, 0) is 16.1 Å². The molecule has 2 aliphatic rings. The number of amides is 1. The molecule has 1 aromatic carbocycles. The van der Waals surface area contributed by atoms with E-state index in [-0.39, 0.29) is 29.8 Å². The molecule has 0 radical (unpaired) electrons. The molecule has 1 amide bonds. The molecule has 0 atom stereocenters. The van der Waals surface area contributed by atoms with E-state index in [1.807, 2.05) is 0 Å². The SMILES string of the molecule is COC1(CN)CC(C(=O)N2CCOc3cccc(F)c3C2)C1. The van der Waals surface area contributed by atoms with Gasteiger partial charge in [0.1, 0.15) is 18.2 Å². The van der Waals surface area contributed by atoms with Crippen molar-refractivity contribution in [1.82, 2.24) is 4.90 Å². The van der Waals surface area contributed by atoms with Crippen LogP contribution >= 0.6 is 0 Å². The monoisotopic (exact) mass is 308 g/mol. The van der Waals surface area contributed by atoms with Crippen LogP contribution < -0.4 is 10.5 Å². The molecule has 120 valence electrons. The van der Waals surface area contributed by atoms with Crippen LogP contribution in [0.4, 0.5) is 4.39 Å². The van der Waals surface area contributed by atoms with E-state index in [1.54, 1.807) is 24.1 Å². The lowest BCUT2D eigenvalue weighted by molar-refractivity contribution is -0.155. The number of rotatable bonds is 3. The average Bonchev–Trinajstić information content (AvgIpc) is 2.70. The zero-order valence-electron chi connectivity index (χ0n) is 12.7. The van der Waals surface area contributed by atoms with Gasteiger partial charge in [0.05, 0.1) is 18.7 Å². The first-order valence-electron chi connectivity index (χ1n) is 7.53. The molecule has 0 aromatic heterocycles. The van der Waals surface area contributed by atoms with E-state index in [1.165, 1.54) is 6.07 Å². The number of carbonyl (C=O) groups excluding carboxylic acids is 1. The van der Waals surface area contributed by atoms with Crippen molar-refractivity contribution in [2.24, 2.45) is 11.7 Å². The van der Waals surface area contributed by atoms with Gasteiger partial charge in [0.2, 0.25) is 5.91 Å². The first-order chi connectivity index (χ1) is 10.6. The molecule has 0 unspecified atom stereocenters. The lowest BCUT2D eigenvalue weighted by Gasteiger charge is -2.46. The minimum Gasteiger partial charge on any atom is -0.491 e. The van der Waals surface area contributed by atoms with Crippen LogP contribution in [-0.4, -0.2) is 43.2 Å². The summed E-state index contributed by atoms with van der Waals surface area (Å²) in [4.78, 5) is 14.3. The zero-order valence-corrected chi connectivity index (χ0v) is 12.7. The fourth-order valence-corrected chi connectivity index (χ4v) is 3.24. The van der Waals surface area contributed by atoms with E-state index >= 15 is 0 Å². The molecule has 1 aliphatic carbocycles. The number of halogens is 1. The number of hydrogen-bond acceptors (Lipinski definition) is 4. The van der Waals surface area contributed by atoms with Gasteiger partial charge in [-0.15, -0.1) is 0 Å². The standard InChI is InChI=1S/C16H21FN2O3/c1-21-16(10-18)7-11(8-16)15(20)19-5-6-22-14-4-2-3-13(17)12(14)9-19/h2-4,11H,5-10,18H2,1H3. The summed E-state index contributed by atoms with van der Waals surface area (Å²) in [6, 6.07) is 4.75. The smallest absolute Gasteiger partial charge is 0.226 e. The van der Waals surface area contributed by atoms with Gasteiger partial charge >= 0.3 is 0 Å². The van der Waals surface area contributed by atoms with Gasteiger partial charge in [-0.25, -0.2) is 4.39 Å². The summed E-state index contributed by atoms with van der Waals surface area (Å²) in [5.74, 6) is 0.119. The van der Waals surface area contributed by atoms with Crippen molar-refractivity contribution in [3.63, 3.8) is 0 Å². The van der Waals surface area contributed by atoms with Crippen molar-refractivity contribution in [2.75, 3.05) is 26.8 Å². The minimum atomic E-state index is -0.369. The second kappa shape index (κ2) is 5.85. The Morgan fingerprint density at radius 2 is 2.32 bits per heavy atom. The third-order valence-corrected chi connectivity index (χ3v) is 4.75. The molecule has 22 heavy (non-hydrogen) atoms. The van der Waals surface area contributed by atoms with Crippen molar-refractivity contribution in [2.45, 2.75) is 25.0 Å². The summed E-state index contributed by atoms with van der Waals surface area (Å²) < 4.78 is 24.9. The van der Waals surface area contributed by atoms with Crippen LogP contribution in [0.25, 0.3) is 0 Å². The molecule has 1 fully saturated rings. The van der Waals surface area contributed by atoms with Gasteiger partial charge in [-0.1, -0.05) is 6.07 Å². The van der Waals surface area contributed by atoms with E-state index in [2.05, 4.69) is 0 Å². The molecule has 0 saturated heterocycles. The maximum atomic E-state index is 14.0. The summed E-state index contributed by atoms with van der Waals surface area (Å²) in [6.45, 7) is 1.50. The lowest BCUT2D eigenvalue weighted by atomic mass is 9.70. The predicted octanol–water partition coefficient (Wildman–Crippen LogP) is 1.30. The quantitative estimate of drug-likeness (QED) is 0.914. The van der Waals surface area contributed by atoms with Gasteiger partial charge in [-0.2, -0.15) is 0 Å². The first-order valence-corrected chi connectivity index (χ1v) is 7.53. The van der Waals surface area contributed by atoms with Gasteiger partial charge in [-0.05, 0) is 25.0 Å². The van der Waals surface area contributed by atoms with E-state index < -0.39 is 0 Å². The zero-order chi connectivity index (χ0) is 15.7. The average molecular weight is 308 g/mol. The summed E-state index contributed by atoms with van der Waals surface area (Å²) in [5.41, 5.74) is 5.79. The molecule has 6 heteroatoms. The predicted molar refractivity (Wildman–Crippen MR) is 78.8 cm³/mol. The molecule has 0 bridgehead atoms. The van der Waals surface area contributed by atoms with Crippen molar-refractivity contribution in [3.05, 3.63) is 29.6 Å². The Labute approximate surface area is 129 Å². The molecule has 3 rings (SSSR count). The molecule has 5 nitrogen and oxygen atoms in total. The van der Waals surface area contributed by atoms with Gasteiger partial charge in [0.25, 0.3) is 0 Å². The van der Waals surface area contributed by atoms with Gasteiger partial charge < -0.3 is 20.1 Å². The molecule has 2 N–H and O–H groups in total. The van der Waals surface area contributed by atoms with E-state index in [9.17, 15) is 9.18 Å². The number of ether oxygens (including phenoxy) is 2. The molecule has 0 spiro atoms. The number of benzene rings is 1. The highest BCUT2D eigenvalue weighted by Crippen LogP contribution is 2.41. The van der Waals surface area contributed by atoms with Gasteiger partial charge in [-0.3, -0.25) is 4.79 Å². The van der Waals surface area contributed by atoms with Crippen LogP contribution in [0.5, 0.6) is 5.75 Å². The summed E-state index contributed by atoms with van der Waals surface area (Å²) in [7, 11) is 1.62. The molecular formula is C16H21FN2O3.